The number of likely N-dealkylation sites (N-methyl/N-ethyl adjacent to an activating group) is 1. The first-order valence-corrected chi connectivity index (χ1v) is 8.70. The molecule has 0 saturated heterocycles. The Balaban J connectivity index is 2.43. The molecule has 0 aliphatic carbocycles. The zero-order valence-corrected chi connectivity index (χ0v) is 15.0. The smallest absolute Gasteiger partial charge is 0.290 e. The third-order valence-electron chi connectivity index (χ3n) is 4.68. The average molecular weight is 348 g/mol. The van der Waals surface area contributed by atoms with Crippen molar-refractivity contribution in [2.75, 3.05) is 26.2 Å². The maximum atomic E-state index is 14.4. The standard InChI is InChI=1S/C19H25FN2O3/c1-4-15(23)16-17(13-9-7-8-10-14(13)20)22(19(25)18(16)24)12-11-21(5-2)6-3/h7-10,17,24H,4-6,11-12H2,1-3H3. The van der Waals surface area contributed by atoms with E-state index in [0.29, 0.717) is 13.1 Å². The van der Waals surface area contributed by atoms with Crippen LogP contribution in [0.2, 0.25) is 0 Å². The highest BCUT2D eigenvalue weighted by molar-refractivity contribution is 6.08. The number of Topliss-reactive ketones (excluding diaryl/α,β-unsaturated/α-hetero) is 1. The van der Waals surface area contributed by atoms with Crippen LogP contribution in [0.5, 0.6) is 0 Å². The first-order chi connectivity index (χ1) is 12.0. The zero-order chi connectivity index (χ0) is 18.6. The normalized spacial score (nSPS) is 17.7. The highest BCUT2D eigenvalue weighted by Gasteiger charge is 2.43. The largest absolute Gasteiger partial charge is 0.503 e. The minimum absolute atomic E-state index is 0.00264. The van der Waals surface area contributed by atoms with Gasteiger partial charge in [0, 0.05) is 25.1 Å². The van der Waals surface area contributed by atoms with Gasteiger partial charge < -0.3 is 14.9 Å². The summed E-state index contributed by atoms with van der Waals surface area (Å²) in [6.07, 6.45) is 0.140. The van der Waals surface area contributed by atoms with Crippen LogP contribution in [0.1, 0.15) is 38.8 Å². The van der Waals surface area contributed by atoms with Crippen LogP contribution in [-0.2, 0) is 9.59 Å². The first kappa shape index (κ1) is 19.1. The number of hydrogen-bond donors (Lipinski definition) is 1. The maximum Gasteiger partial charge on any atom is 0.290 e. The van der Waals surface area contributed by atoms with Gasteiger partial charge in [0.15, 0.2) is 11.5 Å². The van der Waals surface area contributed by atoms with Gasteiger partial charge in [-0.25, -0.2) is 4.39 Å². The fourth-order valence-corrected chi connectivity index (χ4v) is 3.17. The van der Waals surface area contributed by atoms with Crippen molar-refractivity contribution in [3.05, 3.63) is 47.0 Å². The maximum absolute atomic E-state index is 14.4. The van der Waals surface area contributed by atoms with E-state index in [1.165, 1.54) is 11.0 Å². The highest BCUT2D eigenvalue weighted by atomic mass is 19.1. The van der Waals surface area contributed by atoms with E-state index in [-0.39, 0.29) is 23.3 Å². The van der Waals surface area contributed by atoms with E-state index in [1.807, 2.05) is 13.8 Å². The Labute approximate surface area is 147 Å². The van der Waals surface area contributed by atoms with Crippen molar-refractivity contribution in [1.29, 1.82) is 0 Å². The van der Waals surface area contributed by atoms with Crippen LogP contribution >= 0.6 is 0 Å². The predicted molar refractivity (Wildman–Crippen MR) is 93.6 cm³/mol. The number of carbonyl (C=O) groups is 2. The molecule has 1 heterocycles. The van der Waals surface area contributed by atoms with E-state index in [1.54, 1.807) is 25.1 Å². The number of aliphatic hydroxyl groups is 1. The molecule has 1 aliphatic heterocycles. The lowest BCUT2D eigenvalue weighted by atomic mass is 9.94. The Morgan fingerprint density at radius 1 is 1.24 bits per heavy atom. The molecule has 136 valence electrons. The average Bonchev–Trinajstić information content (AvgIpc) is 2.87. The van der Waals surface area contributed by atoms with Crippen molar-refractivity contribution in [2.45, 2.75) is 33.2 Å². The van der Waals surface area contributed by atoms with Crippen LogP contribution in [0.3, 0.4) is 0 Å². The van der Waals surface area contributed by atoms with Crippen LogP contribution in [0.25, 0.3) is 0 Å². The van der Waals surface area contributed by atoms with Crippen molar-refractivity contribution in [3.63, 3.8) is 0 Å². The number of amides is 1. The predicted octanol–water partition coefficient (Wildman–Crippen LogP) is 2.84. The Morgan fingerprint density at radius 3 is 2.44 bits per heavy atom. The Bertz CT molecular complexity index is 683. The van der Waals surface area contributed by atoms with Crippen molar-refractivity contribution < 1.29 is 19.1 Å². The fourth-order valence-electron chi connectivity index (χ4n) is 3.17. The van der Waals surface area contributed by atoms with E-state index in [0.717, 1.165) is 13.1 Å². The van der Waals surface area contributed by atoms with Crippen molar-refractivity contribution >= 4 is 11.7 Å². The Kier molecular flexibility index (Phi) is 6.31. The number of halogens is 1. The van der Waals surface area contributed by atoms with Crippen LogP contribution in [-0.4, -0.2) is 52.8 Å². The summed E-state index contributed by atoms with van der Waals surface area (Å²) >= 11 is 0. The zero-order valence-electron chi connectivity index (χ0n) is 15.0. The fraction of sp³-hybridized carbons (Fsp3) is 0.474. The summed E-state index contributed by atoms with van der Waals surface area (Å²) in [7, 11) is 0. The molecule has 0 saturated carbocycles. The number of rotatable bonds is 8. The molecule has 1 aromatic carbocycles. The summed E-state index contributed by atoms with van der Waals surface area (Å²) in [6, 6.07) is 5.19. The third kappa shape index (κ3) is 3.74. The lowest BCUT2D eigenvalue weighted by Gasteiger charge is -2.29. The summed E-state index contributed by atoms with van der Waals surface area (Å²) in [5.74, 6) is -2.01. The lowest BCUT2D eigenvalue weighted by molar-refractivity contribution is -0.129. The van der Waals surface area contributed by atoms with E-state index >= 15 is 0 Å². The molecule has 0 fully saturated rings. The number of ketones is 1. The number of carbonyl (C=O) groups excluding carboxylic acids is 2. The van der Waals surface area contributed by atoms with Gasteiger partial charge >= 0.3 is 0 Å². The van der Waals surface area contributed by atoms with Crippen LogP contribution in [0, 0.1) is 5.82 Å². The van der Waals surface area contributed by atoms with E-state index in [9.17, 15) is 19.1 Å². The summed E-state index contributed by atoms with van der Waals surface area (Å²) in [5, 5.41) is 10.3. The molecule has 2 rings (SSSR count). The Morgan fingerprint density at radius 2 is 1.88 bits per heavy atom. The van der Waals surface area contributed by atoms with E-state index < -0.39 is 23.5 Å². The van der Waals surface area contributed by atoms with Gasteiger partial charge in [-0.15, -0.1) is 0 Å². The lowest BCUT2D eigenvalue weighted by Crippen LogP contribution is -2.38. The highest BCUT2D eigenvalue weighted by Crippen LogP contribution is 2.38. The summed E-state index contributed by atoms with van der Waals surface area (Å²) in [5.41, 5.74) is 0.230. The quantitative estimate of drug-likeness (QED) is 0.785. The second kappa shape index (κ2) is 8.25. The molecule has 1 aliphatic rings. The van der Waals surface area contributed by atoms with Gasteiger partial charge in [-0.3, -0.25) is 9.59 Å². The molecule has 0 aromatic heterocycles. The number of nitrogens with zero attached hydrogens (tertiary/aromatic N) is 2. The van der Waals surface area contributed by atoms with Crippen molar-refractivity contribution in [2.24, 2.45) is 0 Å². The Hall–Kier alpha value is -2.21. The summed E-state index contributed by atoms with van der Waals surface area (Å²) in [6.45, 7) is 8.24. The van der Waals surface area contributed by atoms with Crippen LogP contribution < -0.4 is 0 Å². The molecule has 1 unspecified atom stereocenters. The molecule has 0 bridgehead atoms. The van der Waals surface area contributed by atoms with Gasteiger partial charge in [0.05, 0.1) is 11.6 Å². The number of aliphatic hydroxyl groups excluding tert-OH is 1. The number of benzene rings is 1. The minimum atomic E-state index is -0.878. The minimum Gasteiger partial charge on any atom is -0.503 e. The van der Waals surface area contributed by atoms with Gasteiger partial charge in [-0.1, -0.05) is 39.0 Å². The van der Waals surface area contributed by atoms with Gasteiger partial charge in [-0.05, 0) is 19.2 Å². The molecule has 6 heteroatoms. The molecule has 1 aromatic rings. The van der Waals surface area contributed by atoms with Gasteiger partial charge in [0.25, 0.3) is 5.91 Å². The summed E-state index contributed by atoms with van der Waals surface area (Å²) in [4.78, 5) is 28.4. The monoisotopic (exact) mass is 348 g/mol. The van der Waals surface area contributed by atoms with Gasteiger partial charge in [0.2, 0.25) is 0 Å². The molecule has 1 atom stereocenters. The molecule has 0 spiro atoms. The molecule has 0 radical (unpaired) electrons. The van der Waals surface area contributed by atoms with Crippen molar-refractivity contribution in [3.8, 4) is 0 Å². The molecule has 1 N–H and O–H groups in total. The second-order valence-electron chi connectivity index (χ2n) is 5.99. The van der Waals surface area contributed by atoms with E-state index in [2.05, 4.69) is 4.90 Å². The third-order valence-corrected chi connectivity index (χ3v) is 4.68. The first-order valence-electron chi connectivity index (χ1n) is 8.70. The topological polar surface area (TPSA) is 60.9 Å². The second-order valence-corrected chi connectivity index (χ2v) is 5.99. The van der Waals surface area contributed by atoms with Crippen LogP contribution in [0.4, 0.5) is 4.39 Å². The summed E-state index contributed by atoms with van der Waals surface area (Å²) < 4.78 is 14.4. The van der Waals surface area contributed by atoms with Gasteiger partial charge in [0.1, 0.15) is 5.82 Å². The van der Waals surface area contributed by atoms with E-state index in [4.69, 9.17) is 0 Å². The molecule has 1 amide bonds. The SMILES string of the molecule is CCC(=O)C1=C(O)C(=O)N(CCN(CC)CC)C1c1ccccc1F. The van der Waals surface area contributed by atoms with Crippen molar-refractivity contribution in [1.82, 2.24) is 9.80 Å². The molecule has 5 nitrogen and oxygen atoms in total. The number of hydrogen-bond acceptors (Lipinski definition) is 4. The van der Waals surface area contributed by atoms with Crippen LogP contribution in [0.15, 0.2) is 35.6 Å². The molecule has 25 heavy (non-hydrogen) atoms. The molecular weight excluding hydrogens is 323 g/mol. The van der Waals surface area contributed by atoms with Gasteiger partial charge in [-0.2, -0.15) is 0 Å². The molecular formula is C19H25FN2O3.